The van der Waals surface area contributed by atoms with Crippen LogP contribution in [0.5, 0.6) is 0 Å². The van der Waals surface area contributed by atoms with Crippen LogP contribution in [0.3, 0.4) is 0 Å². The van der Waals surface area contributed by atoms with Gasteiger partial charge in [0.1, 0.15) is 11.6 Å². The number of hydrogen-bond donors (Lipinski definition) is 3. The number of anilines is 1. The van der Waals surface area contributed by atoms with Gasteiger partial charge in [-0.15, -0.1) is 0 Å². The Bertz CT molecular complexity index is 992. The minimum absolute atomic E-state index is 0.0185. The van der Waals surface area contributed by atoms with E-state index in [0.29, 0.717) is 31.2 Å². The van der Waals surface area contributed by atoms with Crippen LogP contribution < -0.4 is 16.4 Å². The number of piperidine rings is 1. The highest BCUT2D eigenvalue weighted by atomic mass is 32.2. The van der Waals surface area contributed by atoms with Crippen LogP contribution in [-0.4, -0.2) is 38.4 Å². The molecular weight excluding hydrogens is 414 g/mol. The molecular formula is C20H24F2N4O3S. The Balaban J connectivity index is 1.57. The first-order valence-electron chi connectivity index (χ1n) is 9.58. The molecule has 0 bridgehead atoms. The smallest absolute Gasteiger partial charge is 0.319 e. The van der Waals surface area contributed by atoms with Crippen molar-refractivity contribution in [3.8, 4) is 0 Å². The number of rotatable bonds is 6. The number of hydrogen-bond acceptors (Lipinski definition) is 4. The highest BCUT2D eigenvalue weighted by Crippen LogP contribution is 2.24. The fourth-order valence-electron chi connectivity index (χ4n) is 3.27. The summed E-state index contributed by atoms with van der Waals surface area (Å²) in [6.07, 6.45) is 1.48. The number of urea groups is 1. The van der Waals surface area contributed by atoms with Crippen LogP contribution in [0.15, 0.2) is 47.4 Å². The zero-order valence-electron chi connectivity index (χ0n) is 16.3. The van der Waals surface area contributed by atoms with E-state index in [4.69, 9.17) is 5.73 Å². The molecule has 0 saturated carbocycles. The van der Waals surface area contributed by atoms with Gasteiger partial charge in [-0.25, -0.2) is 22.0 Å². The molecule has 10 heteroatoms. The third-order valence-corrected chi connectivity index (χ3v) is 7.02. The fourth-order valence-corrected chi connectivity index (χ4v) is 4.74. The summed E-state index contributed by atoms with van der Waals surface area (Å²) in [6.45, 7) is 1.23. The molecule has 162 valence electrons. The molecule has 1 saturated heterocycles. The predicted molar refractivity (Wildman–Crippen MR) is 109 cm³/mol. The quantitative estimate of drug-likeness (QED) is 0.645. The van der Waals surface area contributed by atoms with Gasteiger partial charge in [0.25, 0.3) is 0 Å². The van der Waals surface area contributed by atoms with E-state index in [2.05, 4.69) is 10.6 Å². The number of sulfonamides is 1. The van der Waals surface area contributed by atoms with Crippen LogP contribution in [0, 0.1) is 17.6 Å². The van der Waals surface area contributed by atoms with E-state index in [1.807, 2.05) is 0 Å². The van der Waals surface area contributed by atoms with Crippen molar-refractivity contribution in [2.45, 2.75) is 24.3 Å². The molecule has 1 aliphatic heterocycles. The first kappa shape index (κ1) is 22.1. The molecule has 30 heavy (non-hydrogen) atoms. The summed E-state index contributed by atoms with van der Waals surface area (Å²) in [4.78, 5) is 12.1. The van der Waals surface area contributed by atoms with Crippen molar-refractivity contribution >= 4 is 21.7 Å². The predicted octanol–water partition coefficient (Wildman–Crippen LogP) is 2.65. The lowest BCUT2D eigenvalue weighted by Crippen LogP contribution is -2.40. The summed E-state index contributed by atoms with van der Waals surface area (Å²) in [7, 11) is -3.61. The topological polar surface area (TPSA) is 105 Å². The van der Waals surface area contributed by atoms with E-state index in [0.717, 1.165) is 31.0 Å². The highest BCUT2D eigenvalue weighted by Gasteiger charge is 2.28. The summed E-state index contributed by atoms with van der Waals surface area (Å²) in [6, 6.07) is 8.16. The van der Waals surface area contributed by atoms with Crippen molar-refractivity contribution in [3.63, 3.8) is 0 Å². The van der Waals surface area contributed by atoms with Gasteiger partial charge in [0.2, 0.25) is 10.0 Å². The van der Waals surface area contributed by atoms with Crippen LogP contribution >= 0.6 is 0 Å². The molecule has 0 unspecified atom stereocenters. The van der Waals surface area contributed by atoms with Gasteiger partial charge >= 0.3 is 6.03 Å². The first-order chi connectivity index (χ1) is 14.3. The van der Waals surface area contributed by atoms with E-state index in [1.165, 1.54) is 28.6 Å². The molecule has 0 aromatic heterocycles. The van der Waals surface area contributed by atoms with Crippen molar-refractivity contribution < 1.29 is 22.0 Å². The van der Waals surface area contributed by atoms with E-state index in [-0.39, 0.29) is 17.0 Å². The van der Waals surface area contributed by atoms with Gasteiger partial charge in [-0.1, -0.05) is 0 Å². The number of nitrogens with zero attached hydrogens (tertiary/aromatic N) is 1. The second kappa shape index (κ2) is 9.50. The van der Waals surface area contributed by atoms with Gasteiger partial charge in [-0.2, -0.15) is 4.31 Å². The molecule has 2 amide bonds. The molecule has 0 atom stereocenters. The Morgan fingerprint density at radius 2 is 1.77 bits per heavy atom. The molecule has 1 heterocycles. The first-order valence-corrected chi connectivity index (χ1v) is 11.0. The molecule has 0 spiro atoms. The molecule has 1 aliphatic rings. The van der Waals surface area contributed by atoms with Gasteiger partial charge < -0.3 is 16.4 Å². The number of carbonyl (C=O) groups excluding carboxylic acids is 1. The zero-order chi connectivity index (χ0) is 21.7. The fraction of sp³-hybridized carbons (Fsp3) is 0.350. The average Bonchev–Trinajstić information content (AvgIpc) is 2.75. The molecule has 7 nitrogen and oxygen atoms in total. The summed E-state index contributed by atoms with van der Waals surface area (Å²) in [5.41, 5.74) is 6.04. The third kappa shape index (κ3) is 5.32. The van der Waals surface area contributed by atoms with E-state index < -0.39 is 27.7 Å². The maximum Gasteiger partial charge on any atom is 0.319 e. The van der Waals surface area contributed by atoms with Crippen molar-refractivity contribution in [1.29, 1.82) is 0 Å². The van der Waals surface area contributed by atoms with Gasteiger partial charge in [0.05, 0.1) is 4.90 Å². The van der Waals surface area contributed by atoms with Gasteiger partial charge in [-0.3, -0.25) is 0 Å². The van der Waals surface area contributed by atoms with Crippen LogP contribution in [0.1, 0.15) is 18.4 Å². The standard InChI is InChI=1S/C20H24F2N4O3S/c21-16-1-6-19(22)15(11-16)13-24-20(27)25-17-2-4-18(5-3-17)30(28,29)26-9-7-14(12-23)8-10-26/h1-6,11,14H,7-10,12-13,23H2,(H2,24,25,27). The van der Waals surface area contributed by atoms with Gasteiger partial charge in [0.15, 0.2) is 0 Å². The van der Waals surface area contributed by atoms with Crippen LogP contribution in [-0.2, 0) is 16.6 Å². The SMILES string of the molecule is NCC1CCN(S(=O)(=O)c2ccc(NC(=O)NCc3cc(F)ccc3F)cc2)CC1. The molecule has 0 aliphatic carbocycles. The minimum Gasteiger partial charge on any atom is -0.334 e. The maximum atomic E-state index is 13.6. The molecule has 0 radical (unpaired) electrons. The van der Waals surface area contributed by atoms with Gasteiger partial charge in [0, 0.05) is 30.9 Å². The second-order valence-corrected chi connectivity index (χ2v) is 9.09. The monoisotopic (exact) mass is 438 g/mol. The number of nitrogens with two attached hydrogens (primary N) is 1. The summed E-state index contributed by atoms with van der Waals surface area (Å²) in [5, 5.41) is 4.96. The van der Waals surface area contributed by atoms with E-state index >= 15 is 0 Å². The van der Waals surface area contributed by atoms with Crippen molar-refractivity contribution in [1.82, 2.24) is 9.62 Å². The largest absolute Gasteiger partial charge is 0.334 e. The molecule has 1 fully saturated rings. The summed E-state index contributed by atoms with van der Waals surface area (Å²) in [5.74, 6) is -0.873. The lowest BCUT2D eigenvalue weighted by Gasteiger charge is -2.30. The Labute approximate surface area is 174 Å². The molecule has 2 aromatic rings. The van der Waals surface area contributed by atoms with E-state index in [9.17, 15) is 22.0 Å². The Kier molecular flexibility index (Phi) is 7.01. The highest BCUT2D eigenvalue weighted by molar-refractivity contribution is 7.89. The Hall–Kier alpha value is -2.56. The Morgan fingerprint density at radius 1 is 1.10 bits per heavy atom. The zero-order valence-corrected chi connectivity index (χ0v) is 17.1. The second-order valence-electron chi connectivity index (χ2n) is 7.15. The van der Waals surface area contributed by atoms with Crippen LogP contribution in [0.4, 0.5) is 19.3 Å². The van der Waals surface area contributed by atoms with Crippen LogP contribution in [0.2, 0.25) is 0 Å². The summed E-state index contributed by atoms with van der Waals surface area (Å²) >= 11 is 0. The van der Waals surface area contributed by atoms with Crippen molar-refractivity contribution in [2.75, 3.05) is 25.0 Å². The molecule has 3 rings (SSSR count). The number of benzene rings is 2. The summed E-state index contributed by atoms with van der Waals surface area (Å²) < 4.78 is 53.7. The molecule has 2 aromatic carbocycles. The maximum absolute atomic E-state index is 13.6. The number of halogens is 2. The number of amides is 2. The van der Waals surface area contributed by atoms with Crippen LogP contribution in [0.25, 0.3) is 0 Å². The average molecular weight is 439 g/mol. The third-order valence-electron chi connectivity index (χ3n) is 5.10. The number of carbonyl (C=O) groups is 1. The van der Waals surface area contributed by atoms with Crippen molar-refractivity contribution in [2.24, 2.45) is 11.7 Å². The van der Waals surface area contributed by atoms with E-state index in [1.54, 1.807) is 0 Å². The lowest BCUT2D eigenvalue weighted by molar-refractivity contribution is 0.251. The van der Waals surface area contributed by atoms with Gasteiger partial charge in [-0.05, 0) is 67.8 Å². The molecule has 4 N–H and O–H groups in total. The number of nitrogens with one attached hydrogen (secondary N) is 2. The lowest BCUT2D eigenvalue weighted by atomic mass is 9.99. The van der Waals surface area contributed by atoms with Crippen molar-refractivity contribution in [3.05, 3.63) is 59.7 Å². The minimum atomic E-state index is -3.61. The normalized spacial score (nSPS) is 15.7. The Morgan fingerprint density at radius 3 is 2.40 bits per heavy atom.